The summed E-state index contributed by atoms with van der Waals surface area (Å²) >= 11 is 0. The summed E-state index contributed by atoms with van der Waals surface area (Å²) < 4.78 is 31.6. The van der Waals surface area contributed by atoms with Gasteiger partial charge in [-0.25, -0.2) is 8.42 Å². The molecule has 0 saturated carbocycles. The van der Waals surface area contributed by atoms with Gasteiger partial charge in [0.1, 0.15) is 12.0 Å². The van der Waals surface area contributed by atoms with Gasteiger partial charge in [0.15, 0.2) is 10.7 Å². The van der Waals surface area contributed by atoms with Crippen molar-refractivity contribution in [3.05, 3.63) is 41.3 Å². The molecule has 0 unspecified atom stereocenters. The van der Waals surface area contributed by atoms with Gasteiger partial charge in [0, 0.05) is 11.3 Å². The first-order valence-corrected chi connectivity index (χ1v) is 6.93. The van der Waals surface area contributed by atoms with Gasteiger partial charge in [0.25, 0.3) is 10.0 Å². The number of aryl methyl sites for hydroxylation is 2. The third kappa shape index (κ3) is 2.65. The number of hydrogen-bond donors (Lipinski definition) is 1. The van der Waals surface area contributed by atoms with Crippen molar-refractivity contribution in [3.63, 3.8) is 0 Å². The van der Waals surface area contributed by atoms with Gasteiger partial charge in [-0.2, -0.15) is 0 Å². The highest BCUT2D eigenvalue weighted by molar-refractivity contribution is 7.92. The molecule has 6 nitrogen and oxygen atoms in total. The van der Waals surface area contributed by atoms with E-state index in [1.54, 1.807) is 25.1 Å². The summed E-state index contributed by atoms with van der Waals surface area (Å²) in [5, 5.41) is 3.61. The summed E-state index contributed by atoms with van der Waals surface area (Å²) in [7, 11) is -3.78. The van der Waals surface area contributed by atoms with E-state index >= 15 is 0 Å². The lowest BCUT2D eigenvalue weighted by Gasteiger charge is -2.07. The van der Waals surface area contributed by atoms with Crippen molar-refractivity contribution in [1.29, 1.82) is 0 Å². The summed E-state index contributed by atoms with van der Waals surface area (Å²) in [6.07, 6.45) is 0.647. The third-order valence-electron chi connectivity index (χ3n) is 2.51. The van der Waals surface area contributed by atoms with Crippen molar-refractivity contribution >= 4 is 22.0 Å². The number of rotatable bonds is 4. The Kier molecular flexibility index (Phi) is 3.39. The predicted molar refractivity (Wildman–Crippen MR) is 68.6 cm³/mol. The Labute approximate surface area is 110 Å². The van der Waals surface area contributed by atoms with Crippen LogP contribution in [0.2, 0.25) is 0 Å². The zero-order valence-electron chi connectivity index (χ0n) is 10.4. The topological polar surface area (TPSA) is 89.3 Å². The summed E-state index contributed by atoms with van der Waals surface area (Å²) in [5.74, 6) is 0.219. The highest BCUT2D eigenvalue weighted by Crippen LogP contribution is 2.22. The number of carbonyl (C=O) groups excluding carboxylic acids is 1. The van der Waals surface area contributed by atoms with Crippen LogP contribution in [0.5, 0.6) is 0 Å². The highest BCUT2D eigenvalue weighted by Gasteiger charge is 2.24. The van der Waals surface area contributed by atoms with Crippen LogP contribution in [-0.4, -0.2) is 19.9 Å². The molecule has 2 rings (SSSR count). The number of carbonyl (C=O) groups is 1. The minimum absolute atomic E-state index is 0.0176. The maximum atomic E-state index is 12.2. The van der Waals surface area contributed by atoms with E-state index in [-0.39, 0.29) is 16.3 Å². The van der Waals surface area contributed by atoms with Crippen molar-refractivity contribution in [2.75, 3.05) is 4.72 Å². The SMILES string of the molecule is Cc1noc(C)c1S(=O)(=O)Nc1cccc(C=O)c1. The number of sulfonamides is 1. The van der Waals surface area contributed by atoms with E-state index in [0.717, 1.165) is 0 Å². The van der Waals surface area contributed by atoms with Gasteiger partial charge in [-0.3, -0.25) is 9.52 Å². The minimum Gasteiger partial charge on any atom is -0.360 e. The lowest BCUT2D eigenvalue weighted by molar-refractivity contribution is 0.112. The van der Waals surface area contributed by atoms with E-state index in [1.165, 1.54) is 13.0 Å². The van der Waals surface area contributed by atoms with Gasteiger partial charge in [0.05, 0.1) is 0 Å². The Bertz CT molecular complexity index is 700. The third-order valence-corrected chi connectivity index (χ3v) is 4.14. The van der Waals surface area contributed by atoms with Gasteiger partial charge in [0.2, 0.25) is 0 Å². The van der Waals surface area contributed by atoms with E-state index in [2.05, 4.69) is 9.88 Å². The molecule has 1 aromatic carbocycles. The molecule has 1 aromatic heterocycles. The number of anilines is 1. The van der Waals surface area contributed by atoms with Crippen LogP contribution in [0.3, 0.4) is 0 Å². The first-order valence-electron chi connectivity index (χ1n) is 5.45. The number of aromatic nitrogens is 1. The van der Waals surface area contributed by atoms with Crippen molar-refractivity contribution in [2.45, 2.75) is 18.7 Å². The second-order valence-corrected chi connectivity index (χ2v) is 5.62. The average Bonchev–Trinajstić information content (AvgIpc) is 2.69. The molecule has 0 aliphatic heterocycles. The van der Waals surface area contributed by atoms with Crippen LogP contribution >= 0.6 is 0 Å². The Hall–Kier alpha value is -2.15. The van der Waals surface area contributed by atoms with Crippen molar-refractivity contribution in [2.24, 2.45) is 0 Å². The molecule has 0 amide bonds. The fraction of sp³-hybridized carbons (Fsp3) is 0.167. The Morgan fingerprint density at radius 3 is 2.63 bits per heavy atom. The minimum atomic E-state index is -3.78. The van der Waals surface area contributed by atoms with Gasteiger partial charge in [-0.1, -0.05) is 17.3 Å². The average molecular weight is 280 g/mol. The second kappa shape index (κ2) is 4.85. The molecule has 7 heteroatoms. The second-order valence-electron chi connectivity index (χ2n) is 4.00. The molecule has 0 fully saturated rings. The van der Waals surface area contributed by atoms with Crippen LogP contribution in [0, 0.1) is 13.8 Å². The Balaban J connectivity index is 2.39. The van der Waals surface area contributed by atoms with Crippen LogP contribution in [0.1, 0.15) is 21.8 Å². The monoisotopic (exact) mass is 280 g/mol. The molecule has 19 heavy (non-hydrogen) atoms. The van der Waals surface area contributed by atoms with Gasteiger partial charge >= 0.3 is 0 Å². The quantitative estimate of drug-likeness (QED) is 0.864. The number of benzene rings is 1. The van der Waals surface area contributed by atoms with Gasteiger partial charge < -0.3 is 4.52 Å². The van der Waals surface area contributed by atoms with E-state index in [4.69, 9.17) is 4.52 Å². The lowest BCUT2D eigenvalue weighted by Crippen LogP contribution is -2.14. The van der Waals surface area contributed by atoms with E-state index in [0.29, 0.717) is 17.5 Å². The van der Waals surface area contributed by atoms with Crippen molar-refractivity contribution in [1.82, 2.24) is 5.16 Å². The Morgan fingerprint density at radius 1 is 1.32 bits per heavy atom. The van der Waals surface area contributed by atoms with Crippen LogP contribution in [0.15, 0.2) is 33.7 Å². The first kappa shape index (κ1) is 13.3. The molecule has 0 bridgehead atoms. The fourth-order valence-corrected chi connectivity index (χ4v) is 3.12. The van der Waals surface area contributed by atoms with E-state index < -0.39 is 10.0 Å². The summed E-state index contributed by atoms with van der Waals surface area (Å²) in [6, 6.07) is 6.18. The van der Waals surface area contributed by atoms with Crippen LogP contribution < -0.4 is 4.72 Å². The molecule has 0 saturated heterocycles. The van der Waals surface area contributed by atoms with Crippen molar-refractivity contribution in [3.8, 4) is 0 Å². The standard InChI is InChI=1S/C12H12N2O4S/c1-8-12(9(2)18-13-8)19(16,17)14-11-5-3-4-10(6-11)7-15/h3-7,14H,1-2H3. The van der Waals surface area contributed by atoms with Crippen molar-refractivity contribution < 1.29 is 17.7 Å². The number of hydrogen-bond acceptors (Lipinski definition) is 5. The number of aldehydes is 1. The molecule has 100 valence electrons. The maximum Gasteiger partial charge on any atom is 0.267 e. The zero-order chi connectivity index (χ0) is 14.0. The molecule has 0 aliphatic rings. The molecule has 0 radical (unpaired) electrons. The molecule has 0 atom stereocenters. The summed E-state index contributed by atoms with van der Waals surface area (Å²) in [5.41, 5.74) is 0.986. The van der Waals surface area contributed by atoms with Gasteiger partial charge in [-0.15, -0.1) is 0 Å². The summed E-state index contributed by atoms with van der Waals surface area (Å²) in [6.45, 7) is 3.07. The molecular weight excluding hydrogens is 268 g/mol. The highest BCUT2D eigenvalue weighted by atomic mass is 32.2. The predicted octanol–water partition coefficient (Wildman–Crippen LogP) is 1.90. The van der Waals surface area contributed by atoms with Crippen LogP contribution in [0.25, 0.3) is 0 Å². The van der Waals surface area contributed by atoms with Gasteiger partial charge in [-0.05, 0) is 26.0 Å². The maximum absolute atomic E-state index is 12.2. The number of nitrogens with one attached hydrogen (secondary N) is 1. The molecule has 0 aliphatic carbocycles. The van der Waals surface area contributed by atoms with E-state index in [9.17, 15) is 13.2 Å². The van der Waals surface area contributed by atoms with Crippen LogP contribution in [-0.2, 0) is 10.0 Å². The molecular formula is C12H12N2O4S. The molecule has 1 N–H and O–H groups in total. The Morgan fingerprint density at radius 2 is 2.05 bits per heavy atom. The molecule has 1 heterocycles. The van der Waals surface area contributed by atoms with Crippen LogP contribution in [0.4, 0.5) is 5.69 Å². The zero-order valence-corrected chi connectivity index (χ0v) is 11.2. The lowest BCUT2D eigenvalue weighted by atomic mass is 10.2. The largest absolute Gasteiger partial charge is 0.360 e. The first-order chi connectivity index (χ1) is 8.94. The van der Waals surface area contributed by atoms with E-state index in [1.807, 2.05) is 0 Å². The summed E-state index contributed by atoms with van der Waals surface area (Å²) in [4.78, 5) is 10.7. The normalized spacial score (nSPS) is 11.3. The smallest absolute Gasteiger partial charge is 0.267 e. The molecule has 2 aromatic rings. The molecule has 0 spiro atoms. The fourth-order valence-electron chi connectivity index (χ4n) is 1.74. The number of nitrogens with zero attached hydrogens (tertiary/aromatic N) is 1.